The normalized spacial score (nSPS) is 25.9. The van der Waals surface area contributed by atoms with Crippen LogP contribution in [0, 0.1) is 5.92 Å². The monoisotopic (exact) mass is 344 g/mol. The molecule has 5 nitrogen and oxygen atoms in total. The molecule has 0 spiro atoms. The molecule has 2 heterocycles. The standard InChI is InChI=1S/C15H18ClNO4S/c1-9(8-11(18)12-5-6-13(16)22-12)14(19)17(15(20)21)7-3-4-10(17)2/h5-6,9-10H,3-4,7-8H2,1-2H3/p+1/t9?,10?,17-/m0/s1. The number of rotatable bonds is 4. The predicted octanol–water partition coefficient (Wildman–Crippen LogP) is 3.81. The summed E-state index contributed by atoms with van der Waals surface area (Å²) >= 11 is 6.98. The summed E-state index contributed by atoms with van der Waals surface area (Å²) in [5, 5.41) is 9.56. The average Bonchev–Trinajstić information content (AvgIpc) is 3.04. The second kappa shape index (κ2) is 6.48. The van der Waals surface area contributed by atoms with E-state index in [0.717, 1.165) is 0 Å². The Morgan fingerprint density at radius 3 is 2.59 bits per heavy atom. The number of carbonyl (C=O) groups is 3. The number of ketones is 1. The highest BCUT2D eigenvalue weighted by Gasteiger charge is 2.54. The average molecular weight is 345 g/mol. The van der Waals surface area contributed by atoms with Crippen LogP contribution in [0.3, 0.4) is 0 Å². The third kappa shape index (κ3) is 2.95. The molecule has 2 rings (SSSR count). The smallest absolute Gasteiger partial charge is 0.435 e. The van der Waals surface area contributed by atoms with Crippen LogP contribution >= 0.6 is 22.9 Å². The van der Waals surface area contributed by atoms with Gasteiger partial charge in [0, 0.05) is 19.3 Å². The first-order valence-electron chi connectivity index (χ1n) is 7.23. The Bertz CT molecular complexity index is 614. The van der Waals surface area contributed by atoms with Gasteiger partial charge in [-0.05, 0) is 26.0 Å². The molecule has 1 aromatic heterocycles. The van der Waals surface area contributed by atoms with Crippen molar-refractivity contribution in [3.8, 4) is 0 Å². The first-order valence-corrected chi connectivity index (χ1v) is 8.42. The van der Waals surface area contributed by atoms with Gasteiger partial charge in [-0.2, -0.15) is 9.28 Å². The van der Waals surface area contributed by atoms with Crippen molar-refractivity contribution >= 4 is 40.7 Å². The van der Waals surface area contributed by atoms with Gasteiger partial charge in [0.2, 0.25) is 0 Å². The lowest BCUT2D eigenvalue weighted by atomic mass is 10.0. The Labute approximate surface area is 138 Å². The van der Waals surface area contributed by atoms with Crippen LogP contribution in [0.1, 0.15) is 42.8 Å². The van der Waals surface area contributed by atoms with Gasteiger partial charge in [-0.1, -0.05) is 11.6 Å². The highest BCUT2D eigenvalue weighted by Crippen LogP contribution is 2.31. The van der Waals surface area contributed by atoms with E-state index in [1.807, 2.05) is 0 Å². The van der Waals surface area contributed by atoms with Crippen LogP contribution in [0.15, 0.2) is 12.1 Å². The summed E-state index contributed by atoms with van der Waals surface area (Å²) in [5.41, 5.74) is 0. The zero-order valence-electron chi connectivity index (χ0n) is 12.5. The van der Waals surface area contributed by atoms with E-state index in [2.05, 4.69) is 0 Å². The van der Waals surface area contributed by atoms with E-state index in [9.17, 15) is 19.5 Å². The van der Waals surface area contributed by atoms with E-state index in [4.69, 9.17) is 11.6 Å². The number of halogens is 1. The zero-order valence-corrected chi connectivity index (χ0v) is 14.1. The predicted molar refractivity (Wildman–Crippen MR) is 84.3 cm³/mol. The fourth-order valence-electron chi connectivity index (χ4n) is 3.11. The van der Waals surface area contributed by atoms with Crippen molar-refractivity contribution in [2.45, 2.75) is 39.2 Å². The molecule has 1 fully saturated rings. The SMILES string of the molecule is CC(CC(=O)c1ccc(Cl)s1)C(=O)[N@+]1(C(=O)O)CCCC1C. The van der Waals surface area contributed by atoms with Crippen LogP contribution in [0.4, 0.5) is 4.79 Å². The van der Waals surface area contributed by atoms with E-state index in [0.29, 0.717) is 28.6 Å². The Morgan fingerprint density at radius 1 is 1.45 bits per heavy atom. The zero-order chi connectivity index (χ0) is 16.5. The lowest BCUT2D eigenvalue weighted by Gasteiger charge is -2.31. The second-order valence-electron chi connectivity index (χ2n) is 5.84. The minimum absolute atomic E-state index is 0.00960. The van der Waals surface area contributed by atoms with Crippen molar-refractivity contribution in [2.24, 2.45) is 5.92 Å². The Kier molecular flexibility index (Phi) is 5.04. The summed E-state index contributed by atoms with van der Waals surface area (Å²) in [7, 11) is 0. The first kappa shape index (κ1) is 17.1. The topological polar surface area (TPSA) is 71.4 Å². The van der Waals surface area contributed by atoms with Gasteiger partial charge in [0.1, 0.15) is 6.04 Å². The van der Waals surface area contributed by atoms with Gasteiger partial charge in [0.25, 0.3) is 0 Å². The molecule has 7 heteroatoms. The van der Waals surface area contributed by atoms with E-state index >= 15 is 0 Å². The number of quaternary nitrogens is 1. The van der Waals surface area contributed by atoms with E-state index in [1.54, 1.807) is 26.0 Å². The molecule has 1 aliphatic rings. The number of likely N-dealkylation sites (tertiary alicyclic amines) is 1. The lowest BCUT2D eigenvalue weighted by molar-refractivity contribution is -0.794. The summed E-state index contributed by atoms with van der Waals surface area (Å²) in [6.07, 6.45) is 0.309. The number of carboxylic acid groups (broad SMARTS) is 1. The van der Waals surface area contributed by atoms with Crippen LogP contribution in [0.2, 0.25) is 4.34 Å². The Balaban J connectivity index is 2.14. The van der Waals surface area contributed by atoms with Gasteiger partial charge in [-0.3, -0.25) is 4.79 Å². The Morgan fingerprint density at radius 2 is 2.14 bits per heavy atom. The van der Waals surface area contributed by atoms with Gasteiger partial charge >= 0.3 is 12.0 Å². The summed E-state index contributed by atoms with van der Waals surface area (Å²) in [5.74, 6) is -1.19. The van der Waals surface area contributed by atoms with E-state index in [1.165, 1.54) is 11.3 Å². The number of imide groups is 1. The number of hydrogen-bond acceptors (Lipinski definition) is 4. The molecule has 0 bridgehead atoms. The summed E-state index contributed by atoms with van der Waals surface area (Å²) in [6, 6.07) is 3.02. The molecule has 22 heavy (non-hydrogen) atoms. The molecule has 0 radical (unpaired) electrons. The molecule has 0 saturated carbocycles. The maximum absolute atomic E-state index is 12.7. The van der Waals surface area contributed by atoms with E-state index in [-0.39, 0.29) is 24.2 Å². The maximum Gasteiger partial charge on any atom is 0.521 e. The fourth-order valence-corrected chi connectivity index (χ4v) is 4.10. The molecule has 1 N–H and O–H groups in total. The van der Waals surface area contributed by atoms with Crippen molar-refractivity contribution < 1.29 is 24.0 Å². The van der Waals surface area contributed by atoms with E-state index < -0.39 is 16.5 Å². The van der Waals surface area contributed by atoms with Crippen LogP contribution in [-0.4, -0.2) is 40.0 Å². The number of Topliss-reactive ketones (excluding diaryl/α,β-unsaturated/α-hetero) is 1. The quantitative estimate of drug-likeness (QED) is 0.666. The summed E-state index contributed by atoms with van der Waals surface area (Å²) < 4.78 is -0.0378. The van der Waals surface area contributed by atoms with Gasteiger partial charge in [0.05, 0.1) is 21.7 Å². The third-order valence-corrected chi connectivity index (χ3v) is 5.65. The maximum atomic E-state index is 12.7. The van der Waals surface area contributed by atoms with Gasteiger partial charge in [-0.15, -0.1) is 11.3 Å². The number of thiophene rings is 1. The van der Waals surface area contributed by atoms with Gasteiger partial charge in [0.15, 0.2) is 5.78 Å². The first-order chi connectivity index (χ1) is 10.3. The minimum Gasteiger partial charge on any atom is -0.435 e. The number of nitrogens with zero attached hydrogens (tertiary/aromatic N) is 1. The lowest BCUT2D eigenvalue weighted by Crippen LogP contribution is -2.60. The molecular weight excluding hydrogens is 326 g/mol. The molecule has 0 aromatic carbocycles. The van der Waals surface area contributed by atoms with Crippen molar-refractivity contribution in [3.63, 3.8) is 0 Å². The van der Waals surface area contributed by atoms with Gasteiger partial charge < -0.3 is 5.11 Å². The molecule has 3 atom stereocenters. The highest BCUT2D eigenvalue weighted by molar-refractivity contribution is 7.18. The molecule has 1 aliphatic heterocycles. The number of amides is 2. The molecule has 120 valence electrons. The molecular formula is C15H19ClNO4S+. The summed E-state index contributed by atoms with van der Waals surface area (Å²) in [4.78, 5) is 37.1. The van der Waals surface area contributed by atoms with Crippen molar-refractivity contribution in [1.82, 2.24) is 0 Å². The molecule has 2 amide bonds. The molecule has 0 aliphatic carbocycles. The molecule has 2 unspecified atom stereocenters. The summed E-state index contributed by atoms with van der Waals surface area (Å²) in [6.45, 7) is 3.72. The highest BCUT2D eigenvalue weighted by atomic mass is 35.5. The van der Waals surface area contributed by atoms with Gasteiger partial charge in [-0.25, -0.2) is 4.79 Å². The largest absolute Gasteiger partial charge is 0.521 e. The third-order valence-electron chi connectivity index (χ3n) is 4.38. The van der Waals surface area contributed by atoms with Crippen LogP contribution in [0.25, 0.3) is 0 Å². The van der Waals surface area contributed by atoms with Crippen LogP contribution in [-0.2, 0) is 4.79 Å². The molecule has 1 saturated heterocycles. The minimum atomic E-state index is -1.12. The second-order valence-corrected chi connectivity index (χ2v) is 7.55. The van der Waals surface area contributed by atoms with Crippen LogP contribution in [0.5, 0.6) is 0 Å². The molecule has 1 aromatic rings. The number of hydrogen-bond donors (Lipinski definition) is 1. The van der Waals surface area contributed by atoms with Crippen LogP contribution < -0.4 is 0 Å². The number of carbonyl (C=O) groups excluding carboxylic acids is 2. The Hall–Kier alpha value is -1.24. The fraction of sp³-hybridized carbons (Fsp3) is 0.533. The van der Waals surface area contributed by atoms with Crippen molar-refractivity contribution in [3.05, 3.63) is 21.3 Å². The van der Waals surface area contributed by atoms with Crippen molar-refractivity contribution in [1.29, 1.82) is 0 Å². The van der Waals surface area contributed by atoms with Crippen molar-refractivity contribution in [2.75, 3.05) is 6.54 Å².